The molecule has 2 amide bonds. The van der Waals surface area contributed by atoms with Crippen LogP contribution >= 0.6 is 0 Å². The van der Waals surface area contributed by atoms with Crippen LogP contribution in [0.2, 0.25) is 0 Å². The molecule has 1 aliphatic rings. The summed E-state index contributed by atoms with van der Waals surface area (Å²) in [5.74, 6) is -3.42. The zero-order valence-corrected chi connectivity index (χ0v) is 21.9. The molecule has 0 radical (unpaired) electrons. The summed E-state index contributed by atoms with van der Waals surface area (Å²) in [5.41, 5.74) is 1.07. The van der Waals surface area contributed by atoms with E-state index in [1.54, 1.807) is 6.92 Å². The molecule has 0 unspecified atom stereocenters. The summed E-state index contributed by atoms with van der Waals surface area (Å²) in [6.07, 6.45) is -1.91. The van der Waals surface area contributed by atoms with E-state index in [9.17, 15) is 23.5 Å². The van der Waals surface area contributed by atoms with Crippen LogP contribution in [-0.4, -0.2) is 51.7 Å². The Morgan fingerprint density at radius 1 is 1.11 bits per heavy atom. The number of hydrogen-bond acceptors (Lipinski definition) is 4. The number of alkyl halides is 2. The first-order valence-corrected chi connectivity index (χ1v) is 12.7. The third-order valence-corrected chi connectivity index (χ3v) is 6.95. The highest BCUT2D eigenvalue weighted by Crippen LogP contribution is 2.46. The van der Waals surface area contributed by atoms with Crippen molar-refractivity contribution >= 4 is 22.9 Å². The van der Waals surface area contributed by atoms with Crippen molar-refractivity contribution in [1.29, 1.82) is 0 Å². The number of hydrogen-bond donors (Lipinski definition) is 3. The minimum atomic E-state index is -3.14. The Morgan fingerprint density at radius 3 is 2.24 bits per heavy atom. The third-order valence-electron chi connectivity index (χ3n) is 6.95. The van der Waals surface area contributed by atoms with Crippen molar-refractivity contribution in [2.45, 2.75) is 64.6 Å². The van der Waals surface area contributed by atoms with E-state index < -0.39 is 42.3 Å². The molecule has 1 atom stereocenters. The largest absolute Gasteiger partial charge is 0.493 e. The molecule has 4 rings (SSSR count). The Morgan fingerprint density at radius 2 is 1.71 bits per heavy atom. The molecule has 8 nitrogen and oxygen atoms in total. The van der Waals surface area contributed by atoms with Crippen molar-refractivity contribution in [3.05, 3.63) is 59.3 Å². The van der Waals surface area contributed by atoms with Crippen LogP contribution in [0.3, 0.4) is 0 Å². The molecule has 2 aromatic carbocycles. The molecule has 3 aromatic rings. The second kappa shape index (κ2) is 10.5. The number of nitrogens with one attached hydrogen (secondary N) is 2. The molecule has 10 heteroatoms. The number of aliphatic carboxylic acids is 1. The highest BCUT2D eigenvalue weighted by Gasteiger charge is 2.62. The summed E-state index contributed by atoms with van der Waals surface area (Å²) in [4.78, 5) is 30.3. The van der Waals surface area contributed by atoms with Gasteiger partial charge in [-0.15, -0.1) is 0 Å². The van der Waals surface area contributed by atoms with Crippen LogP contribution in [0, 0.1) is 6.92 Å². The Labute approximate surface area is 219 Å². The molecule has 1 aromatic heterocycles. The van der Waals surface area contributed by atoms with Gasteiger partial charge in [-0.1, -0.05) is 18.2 Å². The molecule has 1 heterocycles. The maximum absolute atomic E-state index is 13.7. The SMILES string of the molecule is CCOc1cc([C@@H](C)N(Cc2cc3ccccc3[nH]2)C(=O)NC2(C(=O)O)CC(F)(F)C2)cc(OCC)c1C. The average molecular weight is 530 g/mol. The number of ether oxygens (including phenoxy) is 2. The number of H-pyrrole nitrogens is 1. The zero-order chi connectivity index (χ0) is 27.7. The van der Waals surface area contributed by atoms with Gasteiger partial charge in [-0.2, -0.15) is 0 Å². The molecule has 1 saturated carbocycles. The van der Waals surface area contributed by atoms with Gasteiger partial charge in [-0.05, 0) is 62.9 Å². The van der Waals surface area contributed by atoms with Gasteiger partial charge in [-0.25, -0.2) is 18.4 Å². The monoisotopic (exact) mass is 529 g/mol. The minimum absolute atomic E-state index is 0.0790. The number of carboxylic acid groups (broad SMARTS) is 1. The van der Waals surface area contributed by atoms with E-state index in [1.165, 1.54) is 4.90 Å². The first-order chi connectivity index (χ1) is 18.0. The van der Waals surface area contributed by atoms with E-state index in [0.717, 1.165) is 16.5 Å². The number of amides is 2. The number of carbonyl (C=O) groups is 2. The highest BCUT2D eigenvalue weighted by molar-refractivity contribution is 5.88. The number of benzene rings is 2. The van der Waals surface area contributed by atoms with Gasteiger partial charge < -0.3 is 29.8 Å². The van der Waals surface area contributed by atoms with E-state index in [-0.39, 0.29) is 6.54 Å². The number of carboxylic acids is 1. The summed E-state index contributed by atoms with van der Waals surface area (Å²) in [7, 11) is 0. The smallest absolute Gasteiger partial charge is 0.329 e. The van der Waals surface area contributed by atoms with Crippen LogP contribution in [0.4, 0.5) is 13.6 Å². The van der Waals surface area contributed by atoms with Gasteiger partial charge in [0.2, 0.25) is 0 Å². The van der Waals surface area contributed by atoms with Crippen molar-refractivity contribution in [3.63, 3.8) is 0 Å². The quantitative estimate of drug-likeness (QED) is 0.308. The van der Waals surface area contributed by atoms with Crippen LogP contribution in [0.5, 0.6) is 11.5 Å². The number of aromatic nitrogens is 1. The highest BCUT2D eigenvalue weighted by atomic mass is 19.3. The van der Waals surface area contributed by atoms with Crippen molar-refractivity contribution < 1.29 is 33.0 Å². The molecule has 3 N–H and O–H groups in total. The summed E-state index contributed by atoms with van der Waals surface area (Å²) in [6, 6.07) is 11.8. The summed E-state index contributed by atoms with van der Waals surface area (Å²) >= 11 is 0. The number of urea groups is 1. The normalized spacial score (nSPS) is 16.4. The standard InChI is InChI=1S/C28H33F2N3O5/c1-5-37-23-12-20(13-24(17(23)3)38-6-2)18(4)33(14-21-11-19-9-7-8-10-22(19)31-21)26(36)32-27(25(34)35)15-28(29,30)16-27/h7-13,18,31H,5-6,14-16H2,1-4H3,(H,32,36)(H,34,35)/t18-/m1/s1. The number of nitrogens with zero attached hydrogens (tertiary/aromatic N) is 1. The number of halogens is 2. The number of fused-ring (bicyclic) bond motifs is 1. The predicted octanol–water partition coefficient (Wildman–Crippen LogP) is 5.80. The summed E-state index contributed by atoms with van der Waals surface area (Å²) < 4.78 is 39.1. The summed E-state index contributed by atoms with van der Waals surface area (Å²) in [5, 5.41) is 13.1. The fraction of sp³-hybridized carbons (Fsp3) is 0.429. The van der Waals surface area contributed by atoms with Gasteiger partial charge in [-0.3, -0.25) is 0 Å². The van der Waals surface area contributed by atoms with Crippen LogP contribution in [0.1, 0.15) is 56.5 Å². The van der Waals surface area contributed by atoms with Gasteiger partial charge in [0.25, 0.3) is 5.92 Å². The zero-order valence-electron chi connectivity index (χ0n) is 21.9. The van der Waals surface area contributed by atoms with Gasteiger partial charge in [0, 0.05) is 29.6 Å². The van der Waals surface area contributed by atoms with E-state index >= 15 is 0 Å². The maximum atomic E-state index is 13.7. The average Bonchev–Trinajstić information content (AvgIpc) is 3.26. The Balaban J connectivity index is 1.72. The number of para-hydroxylation sites is 1. The fourth-order valence-corrected chi connectivity index (χ4v) is 4.90. The van der Waals surface area contributed by atoms with Crippen LogP contribution < -0.4 is 14.8 Å². The van der Waals surface area contributed by atoms with Crippen molar-refractivity contribution in [2.24, 2.45) is 0 Å². The molecule has 0 spiro atoms. The van der Waals surface area contributed by atoms with Gasteiger partial charge in [0.05, 0.1) is 25.8 Å². The third kappa shape index (κ3) is 5.39. The first-order valence-electron chi connectivity index (χ1n) is 12.7. The van der Waals surface area contributed by atoms with Gasteiger partial charge >= 0.3 is 12.0 Å². The van der Waals surface area contributed by atoms with Crippen molar-refractivity contribution in [2.75, 3.05) is 13.2 Å². The second-order valence-electron chi connectivity index (χ2n) is 9.72. The molecular weight excluding hydrogens is 496 g/mol. The Bertz CT molecular complexity index is 1270. The molecule has 204 valence electrons. The Kier molecular flexibility index (Phi) is 7.53. The van der Waals surface area contributed by atoms with Gasteiger partial charge in [0.1, 0.15) is 11.5 Å². The van der Waals surface area contributed by atoms with Crippen LogP contribution in [-0.2, 0) is 11.3 Å². The van der Waals surface area contributed by atoms with Crippen LogP contribution in [0.15, 0.2) is 42.5 Å². The second-order valence-corrected chi connectivity index (χ2v) is 9.72. The van der Waals surface area contributed by atoms with Crippen molar-refractivity contribution in [1.82, 2.24) is 15.2 Å². The minimum Gasteiger partial charge on any atom is -0.493 e. The fourth-order valence-electron chi connectivity index (χ4n) is 4.90. The van der Waals surface area contributed by atoms with Gasteiger partial charge in [0.15, 0.2) is 5.54 Å². The molecule has 0 bridgehead atoms. The number of rotatable bonds is 10. The lowest BCUT2D eigenvalue weighted by molar-refractivity contribution is -0.175. The number of carbonyl (C=O) groups excluding carboxylic acids is 1. The molecule has 1 aliphatic carbocycles. The topological polar surface area (TPSA) is 104 Å². The lowest BCUT2D eigenvalue weighted by Gasteiger charge is -2.45. The lowest BCUT2D eigenvalue weighted by atomic mass is 9.73. The van der Waals surface area contributed by atoms with E-state index in [4.69, 9.17) is 9.47 Å². The van der Waals surface area contributed by atoms with Crippen LogP contribution in [0.25, 0.3) is 10.9 Å². The number of aromatic amines is 1. The molecule has 1 fully saturated rings. The van der Waals surface area contributed by atoms with Crippen molar-refractivity contribution in [3.8, 4) is 11.5 Å². The van der Waals surface area contributed by atoms with E-state index in [0.29, 0.717) is 36.0 Å². The summed E-state index contributed by atoms with van der Waals surface area (Å²) in [6.45, 7) is 8.35. The maximum Gasteiger partial charge on any atom is 0.329 e. The molecule has 0 aliphatic heterocycles. The van der Waals surface area contributed by atoms with E-state index in [2.05, 4.69) is 10.3 Å². The van der Waals surface area contributed by atoms with E-state index in [1.807, 2.05) is 63.2 Å². The molecular formula is C28H33F2N3O5. The predicted molar refractivity (Wildman–Crippen MR) is 139 cm³/mol. The Hall–Kier alpha value is -3.82. The lowest BCUT2D eigenvalue weighted by Crippen LogP contribution is -2.68. The molecule has 38 heavy (non-hydrogen) atoms. The first kappa shape index (κ1) is 27.2. The molecule has 0 saturated heterocycles.